The average Bonchev–Trinajstić information content (AvgIpc) is 2.12. The SMILES string of the molecule is O=C(O)CC1(c2ccc(Cl)cc2Cl)CCO1. The van der Waals surface area contributed by atoms with E-state index in [9.17, 15) is 4.79 Å². The molecule has 0 saturated carbocycles. The van der Waals surface area contributed by atoms with Gasteiger partial charge in [0, 0.05) is 22.0 Å². The molecule has 16 heavy (non-hydrogen) atoms. The van der Waals surface area contributed by atoms with Crippen LogP contribution in [0.25, 0.3) is 0 Å². The van der Waals surface area contributed by atoms with Gasteiger partial charge in [-0.3, -0.25) is 4.79 Å². The smallest absolute Gasteiger partial charge is 0.306 e. The van der Waals surface area contributed by atoms with E-state index in [0.29, 0.717) is 28.6 Å². The Morgan fingerprint density at radius 3 is 2.62 bits per heavy atom. The number of benzene rings is 1. The molecule has 1 aromatic carbocycles. The summed E-state index contributed by atoms with van der Waals surface area (Å²) in [7, 11) is 0. The van der Waals surface area contributed by atoms with Crippen LogP contribution in [0.15, 0.2) is 18.2 Å². The van der Waals surface area contributed by atoms with Crippen molar-refractivity contribution in [2.75, 3.05) is 6.61 Å². The summed E-state index contributed by atoms with van der Waals surface area (Å²) in [5, 5.41) is 9.85. The van der Waals surface area contributed by atoms with Crippen LogP contribution in [-0.2, 0) is 15.1 Å². The Morgan fingerprint density at radius 2 is 2.19 bits per heavy atom. The number of aliphatic carboxylic acids is 1. The predicted molar refractivity (Wildman–Crippen MR) is 61.0 cm³/mol. The monoisotopic (exact) mass is 260 g/mol. The zero-order valence-corrected chi connectivity index (χ0v) is 9.88. The first-order valence-corrected chi connectivity index (χ1v) is 5.60. The Hall–Kier alpha value is -0.770. The summed E-state index contributed by atoms with van der Waals surface area (Å²) < 4.78 is 5.43. The van der Waals surface area contributed by atoms with E-state index in [1.807, 2.05) is 0 Å². The summed E-state index contributed by atoms with van der Waals surface area (Å²) in [5.74, 6) is -0.897. The predicted octanol–water partition coefficient (Wildman–Crippen LogP) is 3.08. The minimum atomic E-state index is -0.897. The van der Waals surface area contributed by atoms with E-state index >= 15 is 0 Å². The fraction of sp³-hybridized carbons (Fsp3) is 0.364. The zero-order valence-electron chi connectivity index (χ0n) is 8.37. The first-order chi connectivity index (χ1) is 7.53. The Labute approximate surface area is 103 Å². The number of rotatable bonds is 3. The molecule has 1 aliphatic heterocycles. The van der Waals surface area contributed by atoms with Crippen LogP contribution < -0.4 is 0 Å². The molecular weight excluding hydrogens is 251 g/mol. The van der Waals surface area contributed by atoms with Crippen LogP contribution in [0.5, 0.6) is 0 Å². The normalized spacial score (nSPS) is 23.9. The van der Waals surface area contributed by atoms with Crippen LogP contribution in [0, 0.1) is 0 Å². The molecular formula is C11H10Cl2O3. The fourth-order valence-electron chi connectivity index (χ4n) is 1.90. The summed E-state index contributed by atoms with van der Waals surface area (Å²) in [5.41, 5.74) is -0.0692. The van der Waals surface area contributed by atoms with Gasteiger partial charge in [0.2, 0.25) is 0 Å². The summed E-state index contributed by atoms with van der Waals surface area (Å²) in [6.45, 7) is 0.562. The first kappa shape index (κ1) is 11.7. The molecule has 2 rings (SSSR count). The zero-order chi connectivity index (χ0) is 11.8. The Balaban J connectivity index is 2.36. The van der Waals surface area contributed by atoms with Gasteiger partial charge >= 0.3 is 5.97 Å². The molecule has 0 spiro atoms. The van der Waals surface area contributed by atoms with E-state index in [-0.39, 0.29) is 6.42 Å². The van der Waals surface area contributed by atoms with Crippen LogP contribution in [0.4, 0.5) is 0 Å². The van der Waals surface area contributed by atoms with Crippen molar-refractivity contribution in [1.82, 2.24) is 0 Å². The van der Waals surface area contributed by atoms with E-state index in [1.165, 1.54) is 0 Å². The molecule has 1 fully saturated rings. The number of carboxylic acid groups (broad SMARTS) is 1. The molecule has 0 bridgehead atoms. The highest BCUT2D eigenvalue weighted by Crippen LogP contribution is 2.44. The quantitative estimate of drug-likeness (QED) is 0.909. The molecule has 1 aliphatic rings. The Kier molecular flexibility index (Phi) is 3.10. The van der Waals surface area contributed by atoms with Gasteiger partial charge in [0.25, 0.3) is 0 Å². The lowest BCUT2D eigenvalue weighted by molar-refractivity contribution is -0.176. The average molecular weight is 261 g/mol. The van der Waals surface area contributed by atoms with Crippen molar-refractivity contribution in [2.24, 2.45) is 0 Å². The van der Waals surface area contributed by atoms with Crippen molar-refractivity contribution < 1.29 is 14.6 Å². The lowest BCUT2D eigenvalue weighted by atomic mass is 9.83. The second kappa shape index (κ2) is 4.24. The maximum Gasteiger partial charge on any atom is 0.306 e. The molecule has 1 aromatic rings. The highest BCUT2D eigenvalue weighted by atomic mass is 35.5. The molecule has 1 atom stereocenters. The van der Waals surface area contributed by atoms with Gasteiger partial charge in [-0.15, -0.1) is 0 Å². The molecule has 1 heterocycles. The van der Waals surface area contributed by atoms with Crippen molar-refractivity contribution in [2.45, 2.75) is 18.4 Å². The van der Waals surface area contributed by atoms with Gasteiger partial charge in [0.15, 0.2) is 0 Å². The molecule has 0 amide bonds. The highest BCUT2D eigenvalue weighted by Gasteiger charge is 2.43. The number of carbonyl (C=O) groups is 1. The maximum atomic E-state index is 10.8. The number of halogens is 2. The Morgan fingerprint density at radius 1 is 1.50 bits per heavy atom. The van der Waals surface area contributed by atoms with Crippen molar-refractivity contribution in [1.29, 1.82) is 0 Å². The molecule has 3 nitrogen and oxygen atoms in total. The first-order valence-electron chi connectivity index (χ1n) is 4.85. The van der Waals surface area contributed by atoms with E-state index in [4.69, 9.17) is 33.0 Å². The lowest BCUT2D eigenvalue weighted by Gasteiger charge is -2.41. The van der Waals surface area contributed by atoms with Gasteiger partial charge in [0.1, 0.15) is 5.60 Å². The van der Waals surface area contributed by atoms with E-state index in [1.54, 1.807) is 18.2 Å². The third-order valence-electron chi connectivity index (χ3n) is 2.74. The van der Waals surface area contributed by atoms with E-state index < -0.39 is 11.6 Å². The minimum absolute atomic E-state index is 0.0750. The number of hydrogen-bond acceptors (Lipinski definition) is 2. The molecule has 0 aliphatic carbocycles. The number of ether oxygens (including phenoxy) is 1. The van der Waals surface area contributed by atoms with Crippen molar-refractivity contribution in [3.05, 3.63) is 33.8 Å². The molecule has 5 heteroatoms. The van der Waals surface area contributed by atoms with Crippen LogP contribution >= 0.6 is 23.2 Å². The van der Waals surface area contributed by atoms with Crippen molar-refractivity contribution in [3.63, 3.8) is 0 Å². The standard InChI is InChI=1S/C11H10Cl2O3/c12-7-1-2-8(9(13)5-7)11(3-4-16-11)6-10(14)15/h1-2,5H,3-4,6H2,(H,14,15). The minimum Gasteiger partial charge on any atom is -0.481 e. The summed E-state index contributed by atoms with van der Waals surface area (Å²) in [6.07, 6.45) is 0.592. The third-order valence-corrected chi connectivity index (χ3v) is 3.29. The molecule has 1 saturated heterocycles. The van der Waals surface area contributed by atoms with Crippen molar-refractivity contribution >= 4 is 29.2 Å². The summed E-state index contributed by atoms with van der Waals surface area (Å²) in [4.78, 5) is 10.8. The largest absolute Gasteiger partial charge is 0.481 e. The summed E-state index contributed by atoms with van der Waals surface area (Å²) >= 11 is 11.8. The highest BCUT2D eigenvalue weighted by molar-refractivity contribution is 6.35. The van der Waals surface area contributed by atoms with Crippen LogP contribution in [0.2, 0.25) is 10.0 Å². The van der Waals surface area contributed by atoms with Crippen LogP contribution in [0.3, 0.4) is 0 Å². The number of hydrogen-bond donors (Lipinski definition) is 1. The molecule has 86 valence electrons. The van der Waals surface area contributed by atoms with Gasteiger partial charge < -0.3 is 9.84 Å². The number of carboxylic acids is 1. The second-order valence-corrected chi connectivity index (χ2v) is 4.63. The van der Waals surface area contributed by atoms with Crippen LogP contribution in [-0.4, -0.2) is 17.7 Å². The van der Waals surface area contributed by atoms with Gasteiger partial charge in [-0.1, -0.05) is 29.3 Å². The molecule has 1 N–H and O–H groups in total. The van der Waals surface area contributed by atoms with Gasteiger partial charge in [0.05, 0.1) is 13.0 Å². The van der Waals surface area contributed by atoms with Gasteiger partial charge in [-0.2, -0.15) is 0 Å². The third kappa shape index (κ3) is 2.03. The second-order valence-electron chi connectivity index (χ2n) is 3.79. The van der Waals surface area contributed by atoms with Gasteiger partial charge in [-0.05, 0) is 12.1 Å². The molecule has 0 aromatic heterocycles. The molecule has 1 unspecified atom stereocenters. The van der Waals surface area contributed by atoms with Crippen molar-refractivity contribution in [3.8, 4) is 0 Å². The van der Waals surface area contributed by atoms with E-state index in [0.717, 1.165) is 0 Å². The topological polar surface area (TPSA) is 46.5 Å². The fourth-order valence-corrected chi connectivity index (χ4v) is 2.48. The molecule has 0 radical (unpaired) electrons. The van der Waals surface area contributed by atoms with E-state index in [2.05, 4.69) is 0 Å². The summed E-state index contributed by atoms with van der Waals surface area (Å²) in [6, 6.07) is 5.02. The lowest BCUT2D eigenvalue weighted by Crippen LogP contribution is -2.42. The maximum absolute atomic E-state index is 10.8. The van der Waals surface area contributed by atoms with Crippen LogP contribution in [0.1, 0.15) is 18.4 Å². The van der Waals surface area contributed by atoms with Gasteiger partial charge in [-0.25, -0.2) is 0 Å². The Bertz CT molecular complexity index is 427.